The van der Waals surface area contributed by atoms with Crippen molar-refractivity contribution in [3.8, 4) is 0 Å². The van der Waals surface area contributed by atoms with E-state index >= 15 is 0 Å². The maximum atomic E-state index is 2.55. The van der Waals surface area contributed by atoms with Gasteiger partial charge in [0, 0.05) is 10.6 Å². The summed E-state index contributed by atoms with van der Waals surface area (Å²) in [6.07, 6.45) is 8.10. The zero-order chi connectivity index (χ0) is 13.9. The van der Waals surface area contributed by atoms with Crippen LogP contribution in [0.15, 0.2) is 83.3 Å². The fraction of sp³-hybridized carbons (Fsp3) is 0.158. The number of fused-ring (bicyclic) bond motifs is 2. The van der Waals surface area contributed by atoms with Crippen LogP contribution in [0.1, 0.15) is 6.42 Å². The highest BCUT2D eigenvalue weighted by atomic mass is 32.2. The van der Waals surface area contributed by atoms with Crippen LogP contribution in [0.5, 0.6) is 0 Å². The summed E-state index contributed by atoms with van der Waals surface area (Å²) in [5, 5.41) is 0.567. The zero-order valence-corrected chi connectivity index (χ0v) is 12.4. The highest BCUT2D eigenvalue weighted by molar-refractivity contribution is 8.00. The normalized spacial score (nSPS) is 28.3. The van der Waals surface area contributed by atoms with E-state index < -0.39 is 0 Å². The van der Waals surface area contributed by atoms with E-state index in [1.165, 1.54) is 16.3 Å². The lowest BCUT2D eigenvalue weighted by molar-refractivity contribution is 0.410. The van der Waals surface area contributed by atoms with Crippen LogP contribution in [0.25, 0.3) is 0 Å². The van der Waals surface area contributed by atoms with Gasteiger partial charge in [0.2, 0.25) is 0 Å². The van der Waals surface area contributed by atoms with Gasteiger partial charge < -0.3 is 4.90 Å². The lowest BCUT2D eigenvalue weighted by Gasteiger charge is -2.60. The lowest BCUT2D eigenvalue weighted by Crippen LogP contribution is -2.63. The van der Waals surface area contributed by atoms with Crippen LogP contribution in [0.4, 0.5) is 11.4 Å². The summed E-state index contributed by atoms with van der Waals surface area (Å²) in [7, 11) is 0. The van der Waals surface area contributed by atoms with Crippen LogP contribution < -0.4 is 4.90 Å². The Balaban J connectivity index is 1.76. The summed E-state index contributed by atoms with van der Waals surface area (Å²) in [5.41, 5.74) is 4.35. The van der Waals surface area contributed by atoms with Crippen molar-refractivity contribution in [1.29, 1.82) is 0 Å². The van der Waals surface area contributed by atoms with Gasteiger partial charge in [-0.2, -0.15) is 0 Å². The van der Waals surface area contributed by atoms with Crippen molar-refractivity contribution in [1.82, 2.24) is 0 Å². The van der Waals surface area contributed by atoms with Gasteiger partial charge in [-0.05, 0) is 30.7 Å². The molecule has 0 saturated heterocycles. The molecule has 0 amide bonds. The molecule has 1 fully saturated rings. The van der Waals surface area contributed by atoms with Gasteiger partial charge in [0.15, 0.2) is 0 Å². The summed E-state index contributed by atoms with van der Waals surface area (Å²) >= 11 is 2.03. The third kappa shape index (κ3) is 1.43. The number of nitrogens with zero attached hydrogens (tertiary/aromatic N) is 1. The third-order valence-corrected chi connectivity index (χ3v) is 6.30. The van der Waals surface area contributed by atoms with E-state index in [0.717, 1.165) is 6.42 Å². The van der Waals surface area contributed by atoms with Gasteiger partial charge in [-0.15, -0.1) is 11.8 Å². The van der Waals surface area contributed by atoms with Gasteiger partial charge in [0.25, 0.3) is 0 Å². The van der Waals surface area contributed by atoms with E-state index in [-0.39, 0.29) is 5.54 Å². The van der Waals surface area contributed by atoms with Gasteiger partial charge in [0.1, 0.15) is 0 Å². The molecule has 4 aliphatic rings. The number of anilines is 2. The Morgan fingerprint density at radius 3 is 2.67 bits per heavy atom. The Labute approximate surface area is 129 Å². The molecule has 2 atom stereocenters. The van der Waals surface area contributed by atoms with E-state index in [0.29, 0.717) is 5.25 Å². The van der Waals surface area contributed by atoms with Gasteiger partial charge >= 0.3 is 0 Å². The Kier molecular flexibility index (Phi) is 2.25. The highest BCUT2D eigenvalue weighted by Crippen LogP contribution is 2.62. The second-order valence-corrected chi connectivity index (χ2v) is 7.05. The summed E-state index contributed by atoms with van der Waals surface area (Å²) < 4.78 is 0. The standard InChI is InChI=1S/C19H15NS/c1-2-8-15(9-3-1)20-16-10-4-5-11-17(16)21-18-14-7-6-12-19(18,20)13-14/h1-12,18H,13H2/t18-,19?/m1/s1. The number of hydrogen-bond donors (Lipinski definition) is 0. The van der Waals surface area contributed by atoms with E-state index in [9.17, 15) is 0 Å². The number of hydrogen-bond acceptors (Lipinski definition) is 2. The zero-order valence-electron chi connectivity index (χ0n) is 11.6. The van der Waals surface area contributed by atoms with Crippen molar-refractivity contribution >= 4 is 23.1 Å². The Morgan fingerprint density at radius 1 is 1.00 bits per heavy atom. The van der Waals surface area contributed by atoms with Crippen molar-refractivity contribution in [2.75, 3.05) is 4.90 Å². The second kappa shape index (κ2) is 4.05. The largest absolute Gasteiger partial charge is 0.329 e. The maximum absolute atomic E-state index is 2.55. The predicted molar refractivity (Wildman–Crippen MR) is 89.2 cm³/mol. The first-order chi connectivity index (χ1) is 10.4. The molecular weight excluding hydrogens is 274 g/mol. The van der Waals surface area contributed by atoms with Crippen LogP contribution in [0, 0.1) is 0 Å². The monoisotopic (exact) mass is 289 g/mol. The molecule has 0 aromatic heterocycles. The smallest absolute Gasteiger partial charge is 0.0833 e. The predicted octanol–water partition coefficient (Wildman–Crippen LogP) is 4.94. The molecular formula is C19H15NS. The Hall–Kier alpha value is -1.93. The summed E-state index contributed by atoms with van der Waals surface area (Å²) in [6.45, 7) is 0. The average Bonchev–Trinajstić information content (AvgIpc) is 2.55. The van der Waals surface area contributed by atoms with Crippen molar-refractivity contribution in [2.45, 2.75) is 22.1 Å². The summed E-state index contributed by atoms with van der Waals surface area (Å²) in [6, 6.07) is 19.6. The molecule has 2 aromatic rings. The topological polar surface area (TPSA) is 3.24 Å². The fourth-order valence-corrected chi connectivity index (χ4v) is 5.31. The average molecular weight is 289 g/mol. The maximum Gasteiger partial charge on any atom is 0.0833 e. The van der Waals surface area contributed by atoms with Gasteiger partial charge in [-0.25, -0.2) is 0 Å². The first kappa shape index (κ1) is 11.7. The quantitative estimate of drug-likeness (QED) is 0.731. The van der Waals surface area contributed by atoms with Crippen molar-refractivity contribution in [3.63, 3.8) is 0 Å². The summed E-state index contributed by atoms with van der Waals surface area (Å²) in [4.78, 5) is 3.94. The van der Waals surface area contributed by atoms with E-state index in [2.05, 4.69) is 77.7 Å². The molecule has 1 spiro atoms. The van der Waals surface area contributed by atoms with Gasteiger partial charge in [0.05, 0.1) is 16.5 Å². The Bertz CT molecular complexity index is 777. The molecule has 2 bridgehead atoms. The number of thioether (sulfide) groups is 1. The van der Waals surface area contributed by atoms with Crippen LogP contribution in [-0.2, 0) is 0 Å². The molecule has 3 aliphatic carbocycles. The molecule has 1 aliphatic heterocycles. The van der Waals surface area contributed by atoms with Crippen LogP contribution >= 0.6 is 11.8 Å². The lowest BCUT2D eigenvalue weighted by atomic mass is 9.67. The van der Waals surface area contributed by atoms with Crippen molar-refractivity contribution in [3.05, 3.63) is 78.4 Å². The molecule has 1 unspecified atom stereocenters. The first-order valence-electron chi connectivity index (χ1n) is 7.38. The number of para-hydroxylation sites is 2. The molecule has 102 valence electrons. The molecule has 6 rings (SSSR count). The molecule has 0 N–H and O–H groups in total. The Morgan fingerprint density at radius 2 is 1.81 bits per heavy atom. The third-order valence-electron chi connectivity index (χ3n) is 4.75. The molecule has 1 nitrogen and oxygen atoms in total. The fourth-order valence-electron chi connectivity index (χ4n) is 3.83. The van der Waals surface area contributed by atoms with Crippen LogP contribution in [0.3, 0.4) is 0 Å². The van der Waals surface area contributed by atoms with Crippen molar-refractivity contribution in [2.24, 2.45) is 0 Å². The SMILES string of the molecule is C1=CC23CC(=C1)[C@H]2Sc1ccccc1N3c1ccccc1. The molecule has 1 saturated carbocycles. The van der Waals surface area contributed by atoms with Crippen LogP contribution in [0.2, 0.25) is 0 Å². The van der Waals surface area contributed by atoms with Crippen LogP contribution in [-0.4, -0.2) is 10.8 Å². The molecule has 0 radical (unpaired) electrons. The number of rotatable bonds is 1. The first-order valence-corrected chi connectivity index (χ1v) is 8.26. The van der Waals surface area contributed by atoms with E-state index in [4.69, 9.17) is 0 Å². The highest BCUT2D eigenvalue weighted by Gasteiger charge is 2.57. The molecule has 21 heavy (non-hydrogen) atoms. The summed E-state index contributed by atoms with van der Waals surface area (Å²) in [5.74, 6) is 0. The molecule has 2 heteroatoms. The van der Waals surface area contributed by atoms with Gasteiger partial charge in [-0.3, -0.25) is 0 Å². The van der Waals surface area contributed by atoms with Gasteiger partial charge in [-0.1, -0.05) is 54.1 Å². The van der Waals surface area contributed by atoms with E-state index in [1.54, 1.807) is 5.57 Å². The minimum Gasteiger partial charge on any atom is -0.329 e. The van der Waals surface area contributed by atoms with Crippen molar-refractivity contribution < 1.29 is 0 Å². The number of benzene rings is 2. The minimum atomic E-state index is 0.129. The minimum absolute atomic E-state index is 0.129. The number of allylic oxidation sites excluding steroid dienone is 2. The second-order valence-electron chi connectivity index (χ2n) is 5.91. The molecule has 1 heterocycles. The molecule has 2 aromatic carbocycles. The van der Waals surface area contributed by atoms with E-state index in [1.807, 2.05) is 11.8 Å².